The Balaban J connectivity index is 1.63. The Morgan fingerprint density at radius 1 is 0.304 bits per heavy atom. The number of H-pyrrole nitrogens is 2. The highest BCUT2D eigenvalue weighted by Gasteiger charge is 2.17. The molecular formula is C52H78N4. The van der Waals surface area contributed by atoms with Gasteiger partial charge in [0.25, 0.3) is 0 Å². The molecule has 3 aromatic heterocycles. The van der Waals surface area contributed by atoms with E-state index in [9.17, 15) is 0 Å². The number of rotatable bonds is 28. The summed E-state index contributed by atoms with van der Waals surface area (Å²) in [6.07, 6.45) is 44.7. The van der Waals surface area contributed by atoms with Crippen molar-refractivity contribution in [1.29, 1.82) is 0 Å². The minimum absolute atomic E-state index is 1.06. The van der Waals surface area contributed by atoms with Crippen LogP contribution in [0.1, 0.15) is 227 Å². The van der Waals surface area contributed by atoms with Crippen LogP contribution in [-0.2, 0) is 25.7 Å². The van der Waals surface area contributed by atoms with Crippen LogP contribution in [0.15, 0.2) is 24.3 Å². The first-order valence-electron chi connectivity index (χ1n) is 23.8. The van der Waals surface area contributed by atoms with Crippen LogP contribution in [0.5, 0.6) is 0 Å². The average Bonchev–Trinajstić information content (AvgIpc) is 4.05. The number of fused-ring (bicyclic) bond motifs is 10. The molecule has 0 saturated heterocycles. The Hall–Kier alpha value is -3.40. The van der Waals surface area contributed by atoms with E-state index in [2.05, 4.69) is 86.2 Å². The number of hydrogen-bond donors (Lipinski definition) is 2. The molecule has 5 rings (SSSR count). The van der Waals surface area contributed by atoms with Gasteiger partial charge in [0, 0.05) is 11.0 Å². The van der Waals surface area contributed by atoms with Crippen LogP contribution in [0, 0.1) is 0 Å². The maximum absolute atomic E-state index is 5.45. The molecule has 0 aromatic carbocycles. The lowest BCUT2D eigenvalue weighted by molar-refractivity contribution is 0.599. The van der Waals surface area contributed by atoms with Crippen LogP contribution in [0.4, 0.5) is 0 Å². The minimum atomic E-state index is 1.06. The smallest absolute Gasteiger partial charge is 0.0872 e. The maximum Gasteiger partial charge on any atom is 0.0872 e. The fourth-order valence-corrected chi connectivity index (χ4v) is 8.89. The quantitative estimate of drug-likeness (QED) is 0.0499. The van der Waals surface area contributed by atoms with Crippen molar-refractivity contribution >= 4 is 46.4 Å². The van der Waals surface area contributed by atoms with Crippen molar-refractivity contribution in [3.05, 3.63) is 69.3 Å². The van der Waals surface area contributed by atoms with E-state index in [1.165, 1.54) is 187 Å². The van der Waals surface area contributed by atoms with Gasteiger partial charge < -0.3 is 9.97 Å². The molecule has 0 spiro atoms. The first-order chi connectivity index (χ1) is 27.7. The van der Waals surface area contributed by atoms with Gasteiger partial charge in [0.1, 0.15) is 0 Å². The van der Waals surface area contributed by atoms with Crippen molar-refractivity contribution in [3.8, 4) is 0 Å². The molecule has 4 nitrogen and oxygen atoms in total. The van der Waals surface area contributed by atoms with E-state index >= 15 is 0 Å². The Bertz CT molecular complexity index is 1680. The highest BCUT2D eigenvalue weighted by molar-refractivity contribution is 5.85. The van der Waals surface area contributed by atoms with Crippen molar-refractivity contribution in [1.82, 2.24) is 19.9 Å². The van der Waals surface area contributed by atoms with Crippen LogP contribution >= 0.6 is 0 Å². The van der Waals surface area contributed by atoms with Crippen LogP contribution in [0.3, 0.4) is 0 Å². The normalized spacial score (nSPS) is 12.4. The lowest BCUT2D eigenvalue weighted by atomic mass is 9.95. The van der Waals surface area contributed by atoms with Gasteiger partial charge in [-0.15, -0.1) is 0 Å². The van der Waals surface area contributed by atoms with Crippen molar-refractivity contribution in [2.45, 2.75) is 207 Å². The zero-order valence-electron chi connectivity index (χ0n) is 36.3. The molecule has 0 aliphatic carbocycles. The topological polar surface area (TPSA) is 57.4 Å². The molecule has 0 unspecified atom stereocenters. The molecule has 4 heteroatoms. The molecule has 56 heavy (non-hydrogen) atoms. The molecule has 0 atom stereocenters. The predicted octanol–water partition coefficient (Wildman–Crippen LogP) is 16.3. The number of nitrogens with one attached hydrogen (secondary N) is 2. The molecule has 3 aromatic rings. The van der Waals surface area contributed by atoms with Crippen LogP contribution in [0.25, 0.3) is 46.4 Å². The summed E-state index contributed by atoms with van der Waals surface area (Å²) in [7, 11) is 0. The third-order valence-corrected chi connectivity index (χ3v) is 12.3. The second kappa shape index (κ2) is 25.1. The maximum atomic E-state index is 5.45. The van der Waals surface area contributed by atoms with Gasteiger partial charge in [-0.05, 0) is 122 Å². The van der Waals surface area contributed by atoms with Gasteiger partial charge in [-0.3, -0.25) is 0 Å². The van der Waals surface area contributed by atoms with Gasteiger partial charge in [-0.2, -0.15) is 0 Å². The molecule has 2 N–H and O–H groups in total. The summed E-state index contributed by atoms with van der Waals surface area (Å²) < 4.78 is 0. The van der Waals surface area contributed by atoms with Gasteiger partial charge >= 0.3 is 0 Å². The summed E-state index contributed by atoms with van der Waals surface area (Å²) in [5.74, 6) is 0. The number of unbranched alkanes of at least 4 members (excludes halogenated alkanes) is 20. The predicted molar refractivity (Wildman–Crippen MR) is 247 cm³/mol. The summed E-state index contributed by atoms with van der Waals surface area (Å²) in [6, 6.07) is 9.26. The SMILES string of the molecule is CCCCCCCCc1c2nc(c3ccc([nH]3)c(CCCCCCCC)c(CCCCCCCC)c3nc(c4ccc([nH]4)c1CCCCCCCC)C=C3)C=C2. The molecule has 0 saturated carbocycles. The number of aromatic amines is 2. The second-order valence-electron chi connectivity index (χ2n) is 17.0. The van der Waals surface area contributed by atoms with Gasteiger partial charge in [0.2, 0.25) is 0 Å². The van der Waals surface area contributed by atoms with Gasteiger partial charge in [0.15, 0.2) is 0 Å². The van der Waals surface area contributed by atoms with E-state index in [-0.39, 0.29) is 0 Å². The van der Waals surface area contributed by atoms with E-state index < -0.39 is 0 Å². The molecule has 5 heterocycles. The lowest BCUT2D eigenvalue weighted by Crippen LogP contribution is -2.00. The van der Waals surface area contributed by atoms with Crippen molar-refractivity contribution in [3.63, 3.8) is 0 Å². The monoisotopic (exact) mass is 759 g/mol. The summed E-state index contributed by atoms with van der Waals surface area (Å²) in [6.45, 7) is 9.23. The van der Waals surface area contributed by atoms with Gasteiger partial charge in [-0.1, -0.05) is 156 Å². The highest BCUT2D eigenvalue weighted by atomic mass is 14.8. The summed E-state index contributed by atoms with van der Waals surface area (Å²) >= 11 is 0. The van der Waals surface area contributed by atoms with Crippen LogP contribution in [-0.4, -0.2) is 19.9 Å². The van der Waals surface area contributed by atoms with Gasteiger partial charge in [0.05, 0.1) is 33.8 Å². The Morgan fingerprint density at radius 3 is 0.911 bits per heavy atom. The number of aromatic nitrogens is 4. The fourth-order valence-electron chi connectivity index (χ4n) is 8.89. The van der Waals surface area contributed by atoms with E-state index in [0.717, 1.165) is 59.5 Å². The number of nitrogens with zero attached hydrogens (tertiary/aromatic N) is 2. The number of aryl methyl sites for hydroxylation is 2. The molecule has 2 aliphatic heterocycles. The van der Waals surface area contributed by atoms with E-state index in [1.807, 2.05) is 0 Å². The van der Waals surface area contributed by atoms with Crippen molar-refractivity contribution in [2.24, 2.45) is 0 Å². The second-order valence-corrected chi connectivity index (χ2v) is 17.0. The van der Waals surface area contributed by atoms with Crippen LogP contribution in [0.2, 0.25) is 0 Å². The number of hydrogen-bond acceptors (Lipinski definition) is 2. The standard InChI is InChI=1S/C52H78N4/c1-5-9-13-17-21-25-29-41-42(30-26-22-18-14-10-6-2)46-34-38-51(54-46)52-40-36-48(56-52)44(32-28-24-20-16-12-8-4)43(31-27-23-19-15-11-7-3)47-35-39-50(55-47)49-37-33-45(41)53-49/h33-40,53,56H,5-32H2,1-4H3. The lowest BCUT2D eigenvalue weighted by Gasteiger charge is -2.11. The molecule has 0 radical (unpaired) electrons. The Labute approximate surface area is 341 Å². The van der Waals surface area contributed by atoms with Crippen molar-refractivity contribution in [2.75, 3.05) is 0 Å². The fraction of sp³-hybridized carbons (Fsp3) is 0.615. The van der Waals surface area contributed by atoms with Gasteiger partial charge in [-0.25, -0.2) is 9.97 Å². The Morgan fingerprint density at radius 2 is 0.571 bits per heavy atom. The minimum Gasteiger partial charge on any atom is -0.354 e. The van der Waals surface area contributed by atoms with Crippen LogP contribution < -0.4 is 0 Å². The summed E-state index contributed by atoms with van der Waals surface area (Å²) in [5.41, 5.74) is 15.0. The largest absolute Gasteiger partial charge is 0.354 e. The first kappa shape index (κ1) is 43.7. The molecule has 8 bridgehead atoms. The van der Waals surface area contributed by atoms with E-state index in [0.29, 0.717) is 0 Å². The molecule has 2 aliphatic rings. The molecule has 306 valence electrons. The first-order valence-corrected chi connectivity index (χ1v) is 23.8. The highest BCUT2D eigenvalue weighted by Crippen LogP contribution is 2.30. The molecule has 0 amide bonds. The summed E-state index contributed by atoms with van der Waals surface area (Å²) in [4.78, 5) is 18.8. The Kier molecular flexibility index (Phi) is 19.6. The zero-order chi connectivity index (χ0) is 39.2. The summed E-state index contributed by atoms with van der Waals surface area (Å²) in [5, 5.41) is 0. The zero-order valence-corrected chi connectivity index (χ0v) is 36.3. The van der Waals surface area contributed by atoms with E-state index in [1.54, 1.807) is 0 Å². The third kappa shape index (κ3) is 13.3. The third-order valence-electron chi connectivity index (χ3n) is 12.3. The van der Waals surface area contributed by atoms with Crippen molar-refractivity contribution < 1.29 is 0 Å². The average molecular weight is 759 g/mol. The molecular weight excluding hydrogens is 681 g/mol. The van der Waals surface area contributed by atoms with E-state index in [4.69, 9.17) is 9.97 Å². The molecule has 0 fully saturated rings.